The van der Waals surface area contributed by atoms with Gasteiger partial charge < -0.3 is 20.2 Å². The zero-order valence-electron chi connectivity index (χ0n) is 16.4. The Kier molecular flexibility index (Phi) is 6.44. The number of halogens is 2. The molecular formula is C22H18F2N2O5. The average molecular weight is 428 g/mol. The highest BCUT2D eigenvalue weighted by Crippen LogP contribution is 2.33. The van der Waals surface area contributed by atoms with E-state index in [1.54, 1.807) is 12.1 Å². The molecule has 160 valence electrons. The topological polar surface area (TPSA) is 111 Å². The van der Waals surface area contributed by atoms with E-state index in [4.69, 9.17) is 15.2 Å². The molecule has 1 aromatic heterocycles. The zero-order chi connectivity index (χ0) is 22.5. The highest BCUT2D eigenvalue weighted by atomic mass is 19.1. The summed E-state index contributed by atoms with van der Waals surface area (Å²) in [7, 11) is 0. The van der Waals surface area contributed by atoms with Crippen molar-refractivity contribution in [2.24, 2.45) is 5.73 Å². The first kappa shape index (κ1) is 21.7. The molecule has 0 saturated heterocycles. The van der Waals surface area contributed by atoms with Crippen LogP contribution < -0.4 is 16.0 Å². The Labute approximate surface area is 175 Å². The van der Waals surface area contributed by atoms with Crippen LogP contribution in [0.15, 0.2) is 53.3 Å². The lowest BCUT2D eigenvalue weighted by Crippen LogP contribution is -2.14. The number of carbonyl (C=O) groups is 2. The number of carbonyl (C=O) groups excluding carboxylic acids is 2. The van der Waals surface area contributed by atoms with Gasteiger partial charge in [0.2, 0.25) is 5.91 Å². The van der Waals surface area contributed by atoms with Crippen LogP contribution in [0, 0.1) is 11.6 Å². The minimum atomic E-state index is -0.803. The van der Waals surface area contributed by atoms with Crippen LogP contribution in [-0.2, 0) is 22.7 Å². The molecule has 0 unspecified atom stereocenters. The molecule has 31 heavy (non-hydrogen) atoms. The molecule has 7 nitrogen and oxygen atoms in total. The van der Waals surface area contributed by atoms with Gasteiger partial charge in [-0.1, -0.05) is 12.1 Å². The second-order valence-electron chi connectivity index (χ2n) is 6.60. The van der Waals surface area contributed by atoms with Gasteiger partial charge in [0.25, 0.3) is 5.56 Å². The van der Waals surface area contributed by atoms with Crippen molar-refractivity contribution in [3.05, 3.63) is 87.3 Å². The fraction of sp³-hybridized carbons (Fsp3) is 0.136. The first-order valence-corrected chi connectivity index (χ1v) is 9.11. The smallest absolute Gasteiger partial charge is 0.303 e. The second kappa shape index (κ2) is 9.21. The molecule has 2 aromatic carbocycles. The summed E-state index contributed by atoms with van der Waals surface area (Å²) in [5.41, 5.74) is 6.06. The fourth-order valence-corrected chi connectivity index (χ4v) is 2.92. The molecule has 0 atom stereocenters. The number of nitrogens with one attached hydrogen (secondary N) is 1. The maximum atomic E-state index is 14.0. The molecule has 3 rings (SSSR count). The third-order valence-electron chi connectivity index (χ3n) is 4.34. The number of primary amides is 1. The SMILES string of the molecule is CC(=O)OCc1[nH]c(=O)cc(OCc2ccc(F)cc2F)c1-c1cccc(C(N)=O)c1. The van der Waals surface area contributed by atoms with Crippen LogP contribution in [0.5, 0.6) is 5.75 Å². The van der Waals surface area contributed by atoms with Gasteiger partial charge >= 0.3 is 5.97 Å². The van der Waals surface area contributed by atoms with E-state index >= 15 is 0 Å². The molecule has 1 amide bonds. The van der Waals surface area contributed by atoms with Crippen LogP contribution in [0.2, 0.25) is 0 Å². The van der Waals surface area contributed by atoms with Crippen molar-refractivity contribution in [2.45, 2.75) is 20.1 Å². The quantitative estimate of drug-likeness (QED) is 0.562. The van der Waals surface area contributed by atoms with E-state index in [9.17, 15) is 23.2 Å². The molecule has 9 heteroatoms. The zero-order valence-corrected chi connectivity index (χ0v) is 16.4. The number of aromatic nitrogens is 1. The molecular weight excluding hydrogens is 410 g/mol. The molecule has 0 aliphatic heterocycles. The molecule has 0 aliphatic carbocycles. The van der Waals surface area contributed by atoms with Crippen molar-refractivity contribution in [2.75, 3.05) is 0 Å². The van der Waals surface area contributed by atoms with Crippen LogP contribution in [0.4, 0.5) is 8.78 Å². The van der Waals surface area contributed by atoms with E-state index in [0.29, 0.717) is 11.1 Å². The van der Waals surface area contributed by atoms with Crippen LogP contribution in [0.1, 0.15) is 28.5 Å². The predicted molar refractivity (Wildman–Crippen MR) is 107 cm³/mol. The van der Waals surface area contributed by atoms with Crippen molar-refractivity contribution in [1.82, 2.24) is 4.98 Å². The Morgan fingerprint density at radius 3 is 2.52 bits per heavy atom. The van der Waals surface area contributed by atoms with E-state index in [0.717, 1.165) is 18.2 Å². The van der Waals surface area contributed by atoms with E-state index in [2.05, 4.69) is 4.98 Å². The highest BCUT2D eigenvalue weighted by Gasteiger charge is 2.17. The molecule has 0 spiro atoms. The number of benzene rings is 2. The third kappa shape index (κ3) is 5.33. The predicted octanol–water partition coefficient (Wildman–Crippen LogP) is 3.06. The van der Waals surface area contributed by atoms with Crippen molar-refractivity contribution in [1.29, 1.82) is 0 Å². The van der Waals surface area contributed by atoms with Crippen molar-refractivity contribution in [3.63, 3.8) is 0 Å². The largest absolute Gasteiger partial charge is 0.488 e. The number of H-pyrrole nitrogens is 1. The van der Waals surface area contributed by atoms with Crippen molar-refractivity contribution >= 4 is 11.9 Å². The molecule has 0 bridgehead atoms. The monoisotopic (exact) mass is 428 g/mol. The minimum absolute atomic E-state index is 0.0521. The van der Waals surface area contributed by atoms with Gasteiger partial charge in [-0.15, -0.1) is 0 Å². The Balaban J connectivity index is 2.08. The molecule has 0 fully saturated rings. The molecule has 0 aliphatic rings. The summed E-state index contributed by atoms with van der Waals surface area (Å²) >= 11 is 0. The van der Waals surface area contributed by atoms with Gasteiger partial charge in [0.15, 0.2) is 0 Å². The van der Waals surface area contributed by atoms with E-state index in [1.165, 1.54) is 25.1 Å². The number of amides is 1. The second-order valence-corrected chi connectivity index (χ2v) is 6.60. The number of hydrogen-bond acceptors (Lipinski definition) is 5. The minimum Gasteiger partial charge on any atom is -0.488 e. The van der Waals surface area contributed by atoms with Gasteiger partial charge in [0.05, 0.1) is 5.69 Å². The van der Waals surface area contributed by atoms with Gasteiger partial charge in [0.1, 0.15) is 30.6 Å². The molecule has 0 radical (unpaired) electrons. The van der Waals surface area contributed by atoms with Crippen molar-refractivity contribution < 1.29 is 27.8 Å². The summed E-state index contributed by atoms with van der Waals surface area (Å²) in [6.45, 7) is 0.636. The van der Waals surface area contributed by atoms with Gasteiger partial charge in [0, 0.05) is 35.7 Å². The third-order valence-corrected chi connectivity index (χ3v) is 4.34. The summed E-state index contributed by atoms with van der Waals surface area (Å²) in [5, 5.41) is 0. The Bertz CT molecular complexity index is 1210. The van der Waals surface area contributed by atoms with Crippen LogP contribution in [0.3, 0.4) is 0 Å². The lowest BCUT2D eigenvalue weighted by Gasteiger charge is -2.16. The van der Waals surface area contributed by atoms with Crippen LogP contribution in [0.25, 0.3) is 11.1 Å². The summed E-state index contributed by atoms with van der Waals surface area (Å²) in [6.07, 6.45) is 0. The maximum Gasteiger partial charge on any atom is 0.303 e. The first-order valence-electron chi connectivity index (χ1n) is 9.11. The highest BCUT2D eigenvalue weighted by molar-refractivity contribution is 5.94. The van der Waals surface area contributed by atoms with Crippen molar-refractivity contribution in [3.8, 4) is 16.9 Å². The van der Waals surface area contributed by atoms with E-state index < -0.39 is 29.1 Å². The number of nitrogens with two attached hydrogens (primary N) is 1. The number of ether oxygens (including phenoxy) is 2. The normalized spacial score (nSPS) is 10.5. The number of pyridine rings is 1. The molecule has 1 heterocycles. The van der Waals surface area contributed by atoms with Gasteiger partial charge in [-0.25, -0.2) is 8.78 Å². The van der Waals surface area contributed by atoms with Gasteiger partial charge in [-0.05, 0) is 29.8 Å². The van der Waals surface area contributed by atoms with Gasteiger partial charge in [-0.2, -0.15) is 0 Å². The molecule has 3 N–H and O–H groups in total. The number of hydrogen-bond donors (Lipinski definition) is 2. The lowest BCUT2D eigenvalue weighted by molar-refractivity contribution is -0.142. The van der Waals surface area contributed by atoms with Gasteiger partial charge in [-0.3, -0.25) is 14.4 Å². The summed E-state index contributed by atoms with van der Waals surface area (Å²) in [5.74, 6) is -2.72. The standard InChI is InChI=1S/C22H18F2N2O5/c1-12(27)30-11-18-21(13-3-2-4-14(7-13)22(25)29)19(9-20(28)26-18)31-10-15-5-6-16(23)8-17(15)24/h2-9H,10-11H2,1H3,(H2,25,29)(H,26,28). The summed E-state index contributed by atoms with van der Waals surface area (Å²) in [4.78, 5) is 37.6. The Hall–Kier alpha value is -4.01. The average Bonchev–Trinajstić information content (AvgIpc) is 2.71. The number of rotatable bonds is 7. The lowest BCUT2D eigenvalue weighted by atomic mass is 10.0. The van der Waals surface area contributed by atoms with Crippen LogP contribution in [-0.4, -0.2) is 16.9 Å². The summed E-state index contributed by atoms with van der Waals surface area (Å²) < 4.78 is 37.8. The van der Waals surface area contributed by atoms with E-state index in [-0.39, 0.29) is 35.8 Å². The first-order chi connectivity index (χ1) is 14.7. The Morgan fingerprint density at radius 1 is 1.06 bits per heavy atom. The molecule has 0 saturated carbocycles. The Morgan fingerprint density at radius 2 is 1.84 bits per heavy atom. The fourth-order valence-electron chi connectivity index (χ4n) is 2.92. The van der Waals surface area contributed by atoms with Crippen LogP contribution >= 0.6 is 0 Å². The maximum absolute atomic E-state index is 14.0. The number of esters is 1. The number of aromatic amines is 1. The molecule has 3 aromatic rings. The summed E-state index contributed by atoms with van der Waals surface area (Å²) in [6, 6.07) is 10.4. The van der Waals surface area contributed by atoms with E-state index in [1.807, 2.05) is 0 Å².